The first kappa shape index (κ1) is 19.6. The van der Waals surface area contributed by atoms with E-state index in [9.17, 15) is 4.79 Å². The van der Waals surface area contributed by atoms with Crippen molar-refractivity contribution in [3.8, 4) is 11.5 Å². The van der Waals surface area contributed by atoms with E-state index in [-0.39, 0.29) is 11.3 Å². The van der Waals surface area contributed by atoms with E-state index in [1.165, 1.54) is 24.7 Å². The molecule has 0 radical (unpaired) electrons. The summed E-state index contributed by atoms with van der Waals surface area (Å²) in [5, 5.41) is 7.30. The third-order valence-corrected chi connectivity index (χ3v) is 6.33. The molecule has 1 aliphatic heterocycles. The summed E-state index contributed by atoms with van der Waals surface area (Å²) in [6, 6.07) is 13.9. The number of carbonyl (C=O) groups excluding carboxylic acids is 1. The fourth-order valence-electron chi connectivity index (χ4n) is 4.61. The zero-order valence-corrected chi connectivity index (χ0v) is 17.4. The summed E-state index contributed by atoms with van der Waals surface area (Å²) in [5.41, 5.74) is 2.90. The predicted molar refractivity (Wildman–Crippen MR) is 115 cm³/mol. The first-order valence-electron chi connectivity index (χ1n) is 10.8. The van der Waals surface area contributed by atoms with E-state index < -0.39 is 0 Å². The van der Waals surface area contributed by atoms with Crippen LogP contribution in [0.3, 0.4) is 0 Å². The molecule has 1 aliphatic carbocycles. The monoisotopic (exact) mass is 418 g/mol. The molecule has 0 saturated heterocycles. The number of carbonyl (C=O) groups is 1. The number of rotatable bonds is 6. The van der Waals surface area contributed by atoms with Crippen molar-refractivity contribution in [1.82, 2.24) is 20.1 Å². The van der Waals surface area contributed by atoms with Gasteiger partial charge < -0.3 is 14.8 Å². The number of aromatic nitrogens is 3. The van der Waals surface area contributed by atoms with Crippen LogP contribution in [0.2, 0.25) is 0 Å². The molecule has 1 saturated carbocycles. The molecule has 3 aromatic rings. The number of fused-ring (bicyclic) bond motifs is 1. The van der Waals surface area contributed by atoms with Crippen LogP contribution < -0.4 is 14.8 Å². The molecule has 160 valence electrons. The van der Waals surface area contributed by atoms with E-state index in [0.717, 1.165) is 29.9 Å². The zero-order valence-electron chi connectivity index (χ0n) is 17.4. The van der Waals surface area contributed by atoms with Gasteiger partial charge in [-0.3, -0.25) is 4.79 Å². The van der Waals surface area contributed by atoms with Crippen molar-refractivity contribution in [1.29, 1.82) is 0 Å². The maximum atomic E-state index is 12.9. The maximum absolute atomic E-state index is 12.9. The summed E-state index contributed by atoms with van der Waals surface area (Å²) >= 11 is 0. The lowest BCUT2D eigenvalue weighted by Gasteiger charge is -2.31. The topological polar surface area (TPSA) is 78.3 Å². The van der Waals surface area contributed by atoms with Gasteiger partial charge >= 0.3 is 0 Å². The van der Waals surface area contributed by atoms with Crippen molar-refractivity contribution in [2.45, 2.75) is 37.6 Å². The van der Waals surface area contributed by atoms with Crippen molar-refractivity contribution in [2.24, 2.45) is 0 Å². The minimum absolute atomic E-state index is 0.0453. The van der Waals surface area contributed by atoms with Crippen molar-refractivity contribution in [2.75, 3.05) is 19.8 Å². The molecule has 2 heterocycles. The van der Waals surface area contributed by atoms with Crippen molar-refractivity contribution in [3.05, 3.63) is 71.8 Å². The smallest absolute Gasteiger partial charge is 0.251 e. The van der Waals surface area contributed by atoms with Gasteiger partial charge in [-0.2, -0.15) is 5.10 Å². The Kier molecular flexibility index (Phi) is 5.32. The van der Waals surface area contributed by atoms with Gasteiger partial charge in [0.15, 0.2) is 11.5 Å². The van der Waals surface area contributed by atoms with Crippen molar-refractivity contribution in [3.63, 3.8) is 0 Å². The molecular weight excluding hydrogens is 392 g/mol. The Morgan fingerprint density at radius 1 is 1.03 bits per heavy atom. The molecule has 1 aromatic heterocycles. The van der Waals surface area contributed by atoms with E-state index in [1.807, 2.05) is 30.3 Å². The zero-order chi connectivity index (χ0) is 21.1. The second-order valence-corrected chi connectivity index (χ2v) is 8.32. The van der Waals surface area contributed by atoms with Gasteiger partial charge in [0, 0.05) is 17.5 Å². The molecule has 0 atom stereocenters. The Morgan fingerprint density at radius 3 is 2.55 bits per heavy atom. The van der Waals surface area contributed by atoms with Gasteiger partial charge in [-0.05, 0) is 48.2 Å². The minimum Gasteiger partial charge on any atom is -0.486 e. The third-order valence-electron chi connectivity index (χ3n) is 6.33. The van der Waals surface area contributed by atoms with Gasteiger partial charge in [0.2, 0.25) is 0 Å². The first-order chi connectivity index (χ1) is 15.2. The van der Waals surface area contributed by atoms with Crippen LogP contribution in [0.4, 0.5) is 0 Å². The lowest BCUT2D eigenvalue weighted by atomic mass is 9.78. The second-order valence-electron chi connectivity index (χ2n) is 8.32. The van der Waals surface area contributed by atoms with Crippen LogP contribution in [0.25, 0.3) is 0 Å². The molecular formula is C24H26N4O3. The maximum Gasteiger partial charge on any atom is 0.251 e. The number of nitrogens with one attached hydrogen (secondary N) is 1. The lowest BCUT2D eigenvalue weighted by Crippen LogP contribution is -2.39. The Morgan fingerprint density at radius 2 is 1.81 bits per heavy atom. The van der Waals surface area contributed by atoms with Gasteiger partial charge in [-0.1, -0.05) is 31.0 Å². The van der Waals surface area contributed by atoms with Gasteiger partial charge in [-0.25, -0.2) is 9.67 Å². The number of hydrogen-bond acceptors (Lipinski definition) is 5. The third kappa shape index (κ3) is 4.13. The summed E-state index contributed by atoms with van der Waals surface area (Å²) in [7, 11) is 0. The summed E-state index contributed by atoms with van der Waals surface area (Å²) in [6.07, 6.45) is 7.65. The van der Waals surface area contributed by atoms with Crippen molar-refractivity contribution >= 4 is 5.91 Å². The minimum atomic E-state index is -0.0570. The van der Waals surface area contributed by atoms with E-state index in [2.05, 4.69) is 27.5 Å². The Bertz CT molecular complexity index is 1040. The number of ether oxygens (including phenoxy) is 2. The van der Waals surface area contributed by atoms with Crippen LogP contribution in [0.1, 0.15) is 47.2 Å². The van der Waals surface area contributed by atoms with Crippen LogP contribution in [-0.4, -0.2) is 40.4 Å². The van der Waals surface area contributed by atoms with Crippen LogP contribution in [0.15, 0.2) is 55.1 Å². The Labute approximate surface area is 181 Å². The fourth-order valence-corrected chi connectivity index (χ4v) is 4.61. The van der Waals surface area contributed by atoms with Crippen LogP contribution in [-0.2, 0) is 12.0 Å². The highest BCUT2D eigenvalue weighted by atomic mass is 16.6. The summed E-state index contributed by atoms with van der Waals surface area (Å²) in [4.78, 5) is 16.8. The fraction of sp³-hybridized carbons (Fsp3) is 0.375. The van der Waals surface area contributed by atoms with Crippen molar-refractivity contribution < 1.29 is 14.3 Å². The molecule has 1 N–H and O–H groups in total. The molecule has 0 unspecified atom stereocenters. The molecule has 0 spiro atoms. The van der Waals surface area contributed by atoms with Gasteiger partial charge in [0.1, 0.15) is 25.9 Å². The highest BCUT2D eigenvalue weighted by molar-refractivity contribution is 5.94. The van der Waals surface area contributed by atoms with E-state index in [4.69, 9.17) is 9.47 Å². The number of benzene rings is 2. The highest BCUT2D eigenvalue weighted by Gasteiger charge is 2.36. The Hall–Kier alpha value is -3.35. The molecule has 1 amide bonds. The average Bonchev–Trinajstić information content (AvgIpc) is 3.51. The molecule has 2 aromatic carbocycles. The number of hydrogen-bond donors (Lipinski definition) is 1. The van der Waals surface area contributed by atoms with Gasteiger partial charge in [-0.15, -0.1) is 0 Å². The summed E-state index contributed by atoms with van der Waals surface area (Å²) < 4.78 is 13.2. The van der Waals surface area contributed by atoms with E-state index >= 15 is 0 Å². The largest absolute Gasteiger partial charge is 0.486 e. The summed E-state index contributed by atoms with van der Waals surface area (Å²) in [6.45, 7) is 2.42. The number of nitrogens with zero attached hydrogens (tertiary/aromatic N) is 3. The second kappa shape index (κ2) is 8.41. The highest BCUT2D eigenvalue weighted by Crippen LogP contribution is 2.43. The molecule has 7 nitrogen and oxygen atoms in total. The SMILES string of the molecule is O=C(NCC1(c2ccc3c(c2)OCCO3)CCCC1)c1ccc(Cn2cncn2)cc1. The first-order valence-corrected chi connectivity index (χ1v) is 10.8. The average molecular weight is 418 g/mol. The summed E-state index contributed by atoms with van der Waals surface area (Å²) in [5.74, 6) is 1.57. The molecule has 2 aliphatic rings. The van der Waals surface area contributed by atoms with E-state index in [1.54, 1.807) is 11.0 Å². The predicted octanol–water partition coefficient (Wildman–Crippen LogP) is 3.34. The lowest BCUT2D eigenvalue weighted by molar-refractivity contribution is 0.0943. The van der Waals surface area contributed by atoms with E-state index in [0.29, 0.717) is 31.9 Å². The molecule has 1 fully saturated rings. The van der Waals surface area contributed by atoms with Crippen LogP contribution >= 0.6 is 0 Å². The van der Waals surface area contributed by atoms with Crippen LogP contribution in [0, 0.1) is 0 Å². The number of amides is 1. The molecule has 0 bridgehead atoms. The Balaban J connectivity index is 1.27. The molecule has 7 heteroatoms. The molecule has 5 rings (SSSR count). The quantitative estimate of drug-likeness (QED) is 0.664. The van der Waals surface area contributed by atoms with Gasteiger partial charge in [0.25, 0.3) is 5.91 Å². The van der Waals surface area contributed by atoms with Gasteiger partial charge in [0.05, 0.1) is 6.54 Å². The van der Waals surface area contributed by atoms with Crippen LogP contribution in [0.5, 0.6) is 11.5 Å². The standard InChI is InChI=1S/C24H26N4O3/c29-23(19-5-3-18(4-6-19)14-28-17-25-16-27-28)26-15-24(9-1-2-10-24)20-7-8-21-22(13-20)31-12-11-30-21/h3-8,13,16-17H,1-2,9-12,14-15H2,(H,26,29). The normalized spacial score (nSPS) is 16.8. The molecule has 31 heavy (non-hydrogen) atoms.